The molecule has 0 bridgehead atoms. The first-order valence-electron chi connectivity index (χ1n) is 6.27. The topological polar surface area (TPSA) is 71.9 Å². The van der Waals surface area contributed by atoms with Crippen molar-refractivity contribution >= 4 is 0 Å². The minimum atomic E-state index is 0.269. The lowest BCUT2D eigenvalue weighted by atomic mass is 10.0. The molecule has 0 aliphatic heterocycles. The summed E-state index contributed by atoms with van der Waals surface area (Å²) in [5, 5.41) is 9.40. The van der Waals surface area contributed by atoms with E-state index in [0.717, 1.165) is 5.56 Å². The average molecular weight is 277 g/mol. The Morgan fingerprint density at radius 1 is 1.29 bits per heavy atom. The largest absolute Gasteiger partial charge is 0.480 e. The zero-order valence-corrected chi connectivity index (χ0v) is 11.3. The first kappa shape index (κ1) is 12.9. The van der Waals surface area contributed by atoms with Crippen LogP contribution in [0.4, 0.5) is 0 Å². The molecular weight excluding hydrogens is 266 g/mol. The Morgan fingerprint density at radius 3 is 2.81 bits per heavy atom. The van der Waals surface area contributed by atoms with Crippen LogP contribution in [0.15, 0.2) is 53.4 Å². The van der Waals surface area contributed by atoms with Gasteiger partial charge in [0, 0.05) is 23.5 Å². The molecule has 0 aliphatic rings. The SMILES string of the molecule is COc1nc(-c2ccco2)cc(-c2cccnc2)c1C#N. The summed E-state index contributed by atoms with van der Waals surface area (Å²) in [6, 6.07) is 11.2. The average Bonchev–Trinajstić information content (AvgIpc) is 3.08. The number of pyridine rings is 2. The number of hydrogen-bond donors (Lipinski definition) is 0. The van der Waals surface area contributed by atoms with Gasteiger partial charge in [-0.25, -0.2) is 4.98 Å². The molecule has 0 radical (unpaired) electrons. The Bertz CT molecular complexity index is 790. The molecule has 3 aromatic heterocycles. The summed E-state index contributed by atoms with van der Waals surface area (Å²) in [4.78, 5) is 8.42. The zero-order valence-electron chi connectivity index (χ0n) is 11.3. The number of rotatable bonds is 3. The lowest BCUT2D eigenvalue weighted by molar-refractivity contribution is 0.396. The summed E-state index contributed by atoms with van der Waals surface area (Å²) in [5.41, 5.74) is 2.52. The number of nitrogens with zero attached hydrogens (tertiary/aromatic N) is 3. The van der Waals surface area contributed by atoms with Gasteiger partial charge in [0.05, 0.1) is 13.4 Å². The van der Waals surface area contributed by atoms with E-state index in [0.29, 0.717) is 22.6 Å². The van der Waals surface area contributed by atoms with Gasteiger partial charge in [0.15, 0.2) is 5.76 Å². The Kier molecular flexibility index (Phi) is 3.36. The number of aromatic nitrogens is 2. The van der Waals surface area contributed by atoms with Crippen molar-refractivity contribution in [1.82, 2.24) is 9.97 Å². The zero-order chi connectivity index (χ0) is 14.7. The molecule has 3 rings (SSSR count). The van der Waals surface area contributed by atoms with Crippen LogP contribution in [-0.2, 0) is 0 Å². The maximum Gasteiger partial charge on any atom is 0.232 e. The van der Waals surface area contributed by atoms with Crippen molar-refractivity contribution in [1.29, 1.82) is 5.26 Å². The summed E-state index contributed by atoms with van der Waals surface area (Å²) < 4.78 is 10.6. The molecule has 5 nitrogen and oxygen atoms in total. The van der Waals surface area contributed by atoms with Crippen molar-refractivity contribution in [3.63, 3.8) is 0 Å². The van der Waals surface area contributed by atoms with Crippen LogP contribution in [0, 0.1) is 11.3 Å². The Morgan fingerprint density at radius 2 is 2.19 bits per heavy atom. The van der Waals surface area contributed by atoms with Crippen molar-refractivity contribution in [2.45, 2.75) is 0 Å². The standard InChI is InChI=1S/C16H11N3O2/c1-20-16-13(9-17)12(11-4-2-6-18-10-11)8-14(19-16)15-5-3-7-21-15/h2-8,10H,1H3. The fraction of sp³-hybridized carbons (Fsp3) is 0.0625. The van der Waals surface area contributed by atoms with E-state index in [1.165, 1.54) is 7.11 Å². The molecule has 0 saturated carbocycles. The van der Waals surface area contributed by atoms with Gasteiger partial charge >= 0.3 is 0 Å². The van der Waals surface area contributed by atoms with Crippen LogP contribution in [-0.4, -0.2) is 17.1 Å². The van der Waals surface area contributed by atoms with E-state index >= 15 is 0 Å². The number of methoxy groups -OCH3 is 1. The molecule has 21 heavy (non-hydrogen) atoms. The molecule has 0 N–H and O–H groups in total. The van der Waals surface area contributed by atoms with Crippen LogP contribution in [0.5, 0.6) is 5.88 Å². The van der Waals surface area contributed by atoms with Crippen LogP contribution in [0.1, 0.15) is 5.56 Å². The predicted molar refractivity (Wildman–Crippen MR) is 76.4 cm³/mol. The van der Waals surface area contributed by atoms with Gasteiger partial charge in [0.1, 0.15) is 17.3 Å². The lowest BCUT2D eigenvalue weighted by Crippen LogP contribution is -1.97. The van der Waals surface area contributed by atoms with Gasteiger partial charge in [-0.3, -0.25) is 4.98 Å². The van der Waals surface area contributed by atoms with Crippen molar-refractivity contribution < 1.29 is 9.15 Å². The highest BCUT2D eigenvalue weighted by Gasteiger charge is 2.16. The van der Waals surface area contributed by atoms with Crippen molar-refractivity contribution in [2.75, 3.05) is 7.11 Å². The lowest BCUT2D eigenvalue weighted by Gasteiger charge is -2.10. The van der Waals surface area contributed by atoms with Gasteiger partial charge in [-0.15, -0.1) is 0 Å². The molecule has 0 fully saturated rings. The number of ether oxygens (including phenoxy) is 1. The first-order chi connectivity index (χ1) is 10.3. The molecule has 0 saturated heterocycles. The summed E-state index contributed by atoms with van der Waals surface area (Å²) in [6.07, 6.45) is 4.95. The van der Waals surface area contributed by atoms with Gasteiger partial charge in [0.25, 0.3) is 0 Å². The maximum absolute atomic E-state index is 9.40. The number of nitriles is 1. The van der Waals surface area contributed by atoms with E-state index in [1.807, 2.05) is 12.1 Å². The van der Waals surface area contributed by atoms with Gasteiger partial charge in [-0.2, -0.15) is 5.26 Å². The fourth-order valence-electron chi connectivity index (χ4n) is 2.08. The third-order valence-corrected chi connectivity index (χ3v) is 3.04. The summed E-state index contributed by atoms with van der Waals surface area (Å²) >= 11 is 0. The van der Waals surface area contributed by atoms with Crippen molar-refractivity contribution in [3.05, 3.63) is 54.6 Å². The molecule has 3 aromatic rings. The third-order valence-electron chi connectivity index (χ3n) is 3.04. The van der Waals surface area contributed by atoms with E-state index < -0.39 is 0 Å². The normalized spacial score (nSPS) is 10.1. The maximum atomic E-state index is 9.40. The van der Waals surface area contributed by atoms with E-state index in [1.54, 1.807) is 36.9 Å². The fourth-order valence-corrected chi connectivity index (χ4v) is 2.08. The summed E-state index contributed by atoms with van der Waals surface area (Å²) in [6.45, 7) is 0. The molecule has 0 amide bonds. The van der Waals surface area contributed by atoms with Crippen molar-refractivity contribution in [2.24, 2.45) is 0 Å². The molecule has 0 unspecified atom stereocenters. The van der Waals surface area contributed by atoms with E-state index in [9.17, 15) is 5.26 Å². The molecule has 5 heteroatoms. The monoisotopic (exact) mass is 277 g/mol. The molecule has 0 atom stereocenters. The van der Waals surface area contributed by atoms with E-state index in [4.69, 9.17) is 9.15 Å². The minimum absolute atomic E-state index is 0.269. The van der Waals surface area contributed by atoms with Crippen LogP contribution >= 0.6 is 0 Å². The Labute approximate surface area is 121 Å². The second kappa shape index (κ2) is 5.47. The molecule has 3 heterocycles. The Hall–Kier alpha value is -3.13. The second-order valence-electron chi connectivity index (χ2n) is 4.27. The van der Waals surface area contributed by atoms with Crippen LogP contribution in [0.2, 0.25) is 0 Å². The third kappa shape index (κ3) is 2.35. The highest BCUT2D eigenvalue weighted by Crippen LogP contribution is 2.32. The van der Waals surface area contributed by atoms with Crippen molar-refractivity contribution in [3.8, 4) is 34.5 Å². The second-order valence-corrected chi connectivity index (χ2v) is 4.27. The van der Waals surface area contributed by atoms with Gasteiger partial charge in [-0.05, 0) is 24.3 Å². The van der Waals surface area contributed by atoms with E-state index in [-0.39, 0.29) is 5.88 Å². The molecule has 102 valence electrons. The quantitative estimate of drug-likeness (QED) is 0.734. The van der Waals surface area contributed by atoms with Gasteiger partial charge in [0.2, 0.25) is 5.88 Å². The number of furan rings is 1. The van der Waals surface area contributed by atoms with Crippen LogP contribution in [0.3, 0.4) is 0 Å². The first-order valence-corrected chi connectivity index (χ1v) is 6.27. The minimum Gasteiger partial charge on any atom is -0.480 e. The molecule has 0 aliphatic carbocycles. The highest BCUT2D eigenvalue weighted by atomic mass is 16.5. The van der Waals surface area contributed by atoms with Crippen LogP contribution in [0.25, 0.3) is 22.6 Å². The molecular formula is C16H11N3O2. The summed E-state index contributed by atoms with van der Waals surface area (Å²) in [5.74, 6) is 0.883. The highest BCUT2D eigenvalue weighted by molar-refractivity contribution is 5.76. The predicted octanol–water partition coefficient (Wildman–Crippen LogP) is 3.28. The van der Waals surface area contributed by atoms with Crippen LogP contribution < -0.4 is 4.74 Å². The van der Waals surface area contributed by atoms with Gasteiger partial charge < -0.3 is 9.15 Å². The molecule has 0 aromatic carbocycles. The smallest absolute Gasteiger partial charge is 0.232 e. The Balaban J connectivity index is 2.27. The summed E-state index contributed by atoms with van der Waals surface area (Å²) in [7, 11) is 1.49. The van der Waals surface area contributed by atoms with E-state index in [2.05, 4.69) is 16.0 Å². The van der Waals surface area contributed by atoms with Gasteiger partial charge in [-0.1, -0.05) is 6.07 Å². The number of hydrogen-bond acceptors (Lipinski definition) is 5. The molecule has 0 spiro atoms.